The minimum absolute atomic E-state index is 0.0614. The minimum Gasteiger partial charge on any atom is -0.497 e. The Morgan fingerprint density at radius 3 is 2.58 bits per heavy atom. The van der Waals surface area contributed by atoms with E-state index in [2.05, 4.69) is 10.1 Å². The lowest BCUT2D eigenvalue weighted by Gasteiger charge is -2.37. The van der Waals surface area contributed by atoms with Crippen molar-refractivity contribution in [2.75, 3.05) is 27.3 Å². The zero-order chi connectivity index (χ0) is 18.1. The summed E-state index contributed by atoms with van der Waals surface area (Å²) in [6.07, 6.45) is 0. The molecule has 134 valence electrons. The molecule has 0 radical (unpaired) electrons. The Morgan fingerprint density at radius 1 is 1.23 bits per heavy atom. The van der Waals surface area contributed by atoms with Crippen molar-refractivity contribution in [3.05, 3.63) is 46.5 Å². The molecule has 4 rings (SSSR count). The van der Waals surface area contributed by atoms with Gasteiger partial charge in [-0.05, 0) is 23.6 Å². The molecule has 2 aromatic heterocycles. The SMILES string of the molecule is COc1cc(OC)cc(C(=O)N2CC(c3nc(-c4ccsc4)no3)C2)c1. The molecular formula is C18H17N3O4S. The van der Waals surface area contributed by atoms with Crippen LogP contribution >= 0.6 is 11.3 Å². The fourth-order valence-corrected chi connectivity index (χ4v) is 3.46. The van der Waals surface area contributed by atoms with E-state index in [1.54, 1.807) is 48.7 Å². The fourth-order valence-electron chi connectivity index (χ4n) is 2.82. The van der Waals surface area contributed by atoms with Gasteiger partial charge in [-0.25, -0.2) is 0 Å². The molecule has 0 spiro atoms. The van der Waals surface area contributed by atoms with Crippen molar-refractivity contribution in [2.45, 2.75) is 5.92 Å². The van der Waals surface area contributed by atoms with Gasteiger partial charge in [-0.15, -0.1) is 0 Å². The summed E-state index contributed by atoms with van der Waals surface area (Å²) in [6.45, 7) is 1.09. The van der Waals surface area contributed by atoms with Gasteiger partial charge >= 0.3 is 0 Å². The molecule has 0 saturated carbocycles. The maximum atomic E-state index is 12.7. The van der Waals surface area contributed by atoms with E-state index in [0.29, 0.717) is 41.9 Å². The number of amides is 1. The normalized spacial score (nSPS) is 14.2. The molecule has 1 saturated heterocycles. The lowest BCUT2D eigenvalue weighted by Crippen LogP contribution is -2.48. The van der Waals surface area contributed by atoms with E-state index >= 15 is 0 Å². The third-order valence-corrected chi connectivity index (χ3v) is 5.02. The van der Waals surface area contributed by atoms with Crippen LogP contribution in [0.25, 0.3) is 11.4 Å². The van der Waals surface area contributed by atoms with Crippen LogP contribution in [0.1, 0.15) is 22.2 Å². The predicted octanol–water partition coefficient (Wildman–Crippen LogP) is 3.05. The van der Waals surface area contributed by atoms with Crippen LogP contribution in [0.5, 0.6) is 11.5 Å². The van der Waals surface area contributed by atoms with E-state index in [4.69, 9.17) is 14.0 Å². The Kier molecular flexibility index (Phi) is 4.34. The van der Waals surface area contributed by atoms with Gasteiger partial charge in [0, 0.05) is 35.7 Å². The highest BCUT2D eigenvalue weighted by atomic mass is 32.1. The Bertz CT molecular complexity index is 894. The van der Waals surface area contributed by atoms with E-state index in [1.165, 1.54) is 0 Å². The van der Waals surface area contributed by atoms with Crippen LogP contribution in [0.3, 0.4) is 0 Å². The van der Waals surface area contributed by atoms with Gasteiger partial charge in [0.15, 0.2) is 0 Å². The first-order valence-corrected chi connectivity index (χ1v) is 9.00. The largest absolute Gasteiger partial charge is 0.497 e. The van der Waals surface area contributed by atoms with Gasteiger partial charge in [-0.2, -0.15) is 16.3 Å². The highest BCUT2D eigenvalue weighted by molar-refractivity contribution is 7.08. The number of hydrogen-bond donors (Lipinski definition) is 0. The molecule has 1 amide bonds. The molecule has 1 aromatic carbocycles. The molecule has 8 heteroatoms. The van der Waals surface area contributed by atoms with Gasteiger partial charge in [0.25, 0.3) is 5.91 Å². The van der Waals surface area contributed by atoms with Gasteiger partial charge < -0.3 is 18.9 Å². The monoisotopic (exact) mass is 371 g/mol. The van der Waals surface area contributed by atoms with E-state index in [9.17, 15) is 4.79 Å². The molecule has 7 nitrogen and oxygen atoms in total. The van der Waals surface area contributed by atoms with Crippen molar-refractivity contribution in [3.63, 3.8) is 0 Å². The molecule has 0 bridgehead atoms. The number of carbonyl (C=O) groups is 1. The number of hydrogen-bond acceptors (Lipinski definition) is 7. The van der Waals surface area contributed by atoms with E-state index < -0.39 is 0 Å². The Labute approximate surface area is 154 Å². The number of thiophene rings is 1. The first-order chi connectivity index (χ1) is 12.7. The van der Waals surface area contributed by atoms with Gasteiger partial charge in [0.2, 0.25) is 11.7 Å². The summed E-state index contributed by atoms with van der Waals surface area (Å²) in [7, 11) is 3.12. The average Bonchev–Trinajstić information content (AvgIpc) is 3.31. The summed E-state index contributed by atoms with van der Waals surface area (Å²) >= 11 is 1.58. The van der Waals surface area contributed by atoms with Crippen molar-refractivity contribution in [1.29, 1.82) is 0 Å². The predicted molar refractivity (Wildman–Crippen MR) is 95.8 cm³/mol. The van der Waals surface area contributed by atoms with Crippen LogP contribution in [0.15, 0.2) is 39.5 Å². The zero-order valence-corrected chi connectivity index (χ0v) is 15.2. The Hall–Kier alpha value is -2.87. The highest BCUT2D eigenvalue weighted by Gasteiger charge is 2.36. The van der Waals surface area contributed by atoms with E-state index in [1.807, 2.05) is 16.8 Å². The number of aromatic nitrogens is 2. The highest BCUT2D eigenvalue weighted by Crippen LogP contribution is 2.31. The van der Waals surface area contributed by atoms with Gasteiger partial charge in [0.1, 0.15) is 11.5 Å². The molecular weight excluding hydrogens is 354 g/mol. The molecule has 26 heavy (non-hydrogen) atoms. The molecule has 1 aliphatic rings. The summed E-state index contributed by atoms with van der Waals surface area (Å²) in [5.41, 5.74) is 1.48. The standard InChI is InChI=1S/C18H17N3O4S/c1-23-14-5-12(6-15(7-14)24-2)18(22)21-8-13(9-21)17-19-16(20-25-17)11-3-4-26-10-11/h3-7,10,13H,8-9H2,1-2H3. The van der Waals surface area contributed by atoms with Crippen molar-refractivity contribution in [3.8, 4) is 22.9 Å². The molecule has 0 aliphatic carbocycles. The Balaban J connectivity index is 1.44. The summed E-state index contributed by atoms with van der Waals surface area (Å²) in [4.78, 5) is 18.9. The minimum atomic E-state index is -0.0731. The second-order valence-electron chi connectivity index (χ2n) is 5.98. The molecule has 1 aliphatic heterocycles. The number of methoxy groups -OCH3 is 2. The van der Waals surface area contributed by atoms with E-state index in [0.717, 1.165) is 5.56 Å². The van der Waals surface area contributed by atoms with Crippen LogP contribution in [0.4, 0.5) is 0 Å². The average molecular weight is 371 g/mol. The second-order valence-corrected chi connectivity index (χ2v) is 6.76. The van der Waals surface area contributed by atoms with Crippen LogP contribution in [0, 0.1) is 0 Å². The summed E-state index contributed by atoms with van der Waals surface area (Å²) in [6, 6.07) is 7.10. The van der Waals surface area contributed by atoms with Crippen molar-refractivity contribution in [2.24, 2.45) is 0 Å². The topological polar surface area (TPSA) is 77.7 Å². The zero-order valence-electron chi connectivity index (χ0n) is 14.3. The number of rotatable bonds is 5. The molecule has 3 aromatic rings. The first kappa shape index (κ1) is 16.6. The summed E-state index contributed by atoms with van der Waals surface area (Å²) in [5.74, 6) is 2.31. The maximum absolute atomic E-state index is 12.7. The van der Waals surface area contributed by atoms with E-state index in [-0.39, 0.29) is 11.8 Å². The molecule has 0 unspecified atom stereocenters. The lowest BCUT2D eigenvalue weighted by atomic mass is 9.98. The lowest BCUT2D eigenvalue weighted by molar-refractivity contribution is 0.0568. The number of carbonyl (C=O) groups excluding carboxylic acids is 1. The quantitative estimate of drug-likeness (QED) is 0.686. The van der Waals surface area contributed by atoms with Crippen molar-refractivity contribution >= 4 is 17.2 Å². The van der Waals surface area contributed by atoms with Gasteiger partial charge in [-0.1, -0.05) is 5.16 Å². The third-order valence-electron chi connectivity index (χ3n) is 4.34. The molecule has 0 N–H and O–H groups in total. The Morgan fingerprint density at radius 2 is 1.96 bits per heavy atom. The molecule has 1 fully saturated rings. The van der Waals surface area contributed by atoms with Crippen molar-refractivity contribution < 1.29 is 18.8 Å². The summed E-state index contributed by atoms with van der Waals surface area (Å²) < 4.78 is 15.8. The van der Waals surface area contributed by atoms with Crippen LogP contribution in [-0.4, -0.2) is 48.3 Å². The first-order valence-electron chi connectivity index (χ1n) is 8.06. The number of nitrogens with zero attached hydrogens (tertiary/aromatic N) is 3. The second kappa shape index (κ2) is 6.80. The number of benzene rings is 1. The van der Waals surface area contributed by atoms with Gasteiger partial charge in [0.05, 0.1) is 20.1 Å². The maximum Gasteiger partial charge on any atom is 0.254 e. The number of ether oxygens (including phenoxy) is 2. The molecule has 0 atom stereocenters. The summed E-state index contributed by atoms with van der Waals surface area (Å²) in [5, 5.41) is 7.96. The van der Waals surface area contributed by atoms with Crippen LogP contribution in [-0.2, 0) is 0 Å². The van der Waals surface area contributed by atoms with Crippen LogP contribution in [0.2, 0.25) is 0 Å². The third kappa shape index (κ3) is 3.03. The van der Waals surface area contributed by atoms with Crippen molar-refractivity contribution in [1.82, 2.24) is 15.0 Å². The smallest absolute Gasteiger partial charge is 0.254 e. The fraction of sp³-hybridized carbons (Fsp3) is 0.278. The van der Waals surface area contributed by atoms with Crippen LogP contribution < -0.4 is 9.47 Å². The van der Waals surface area contributed by atoms with Gasteiger partial charge in [-0.3, -0.25) is 4.79 Å². The number of likely N-dealkylation sites (tertiary alicyclic amines) is 1. The molecule has 3 heterocycles.